The molecule has 0 aliphatic carbocycles. The first-order valence-corrected chi connectivity index (χ1v) is 7.96. The normalized spacial score (nSPS) is 27.3. The molecule has 0 aromatic heterocycles. The zero-order chi connectivity index (χ0) is 14.7. The predicted molar refractivity (Wildman–Crippen MR) is 83.9 cm³/mol. The summed E-state index contributed by atoms with van der Waals surface area (Å²) < 4.78 is 11.6. The number of hydrogen-bond donors (Lipinski definition) is 1. The van der Waals surface area contributed by atoms with Crippen LogP contribution < -0.4 is 10.1 Å². The van der Waals surface area contributed by atoms with Gasteiger partial charge in [-0.25, -0.2) is 0 Å². The van der Waals surface area contributed by atoms with Crippen LogP contribution in [0.2, 0.25) is 0 Å². The predicted octanol–water partition coefficient (Wildman–Crippen LogP) is 1.69. The molecule has 1 N–H and O–H groups in total. The summed E-state index contributed by atoms with van der Waals surface area (Å²) in [5, 5.41) is 3.44. The Kier molecular flexibility index (Phi) is 4.78. The lowest BCUT2D eigenvalue weighted by Crippen LogP contribution is -2.54. The molecule has 3 atom stereocenters. The van der Waals surface area contributed by atoms with Crippen LogP contribution >= 0.6 is 0 Å². The Morgan fingerprint density at radius 2 is 2.29 bits per heavy atom. The van der Waals surface area contributed by atoms with E-state index in [-0.39, 0.29) is 6.10 Å². The lowest BCUT2D eigenvalue weighted by atomic mass is 9.99. The van der Waals surface area contributed by atoms with Crippen molar-refractivity contribution in [2.75, 3.05) is 33.9 Å². The zero-order valence-electron chi connectivity index (χ0n) is 13.0. The number of ether oxygens (including phenoxy) is 2. The Morgan fingerprint density at radius 3 is 3.10 bits per heavy atom. The molecule has 4 nitrogen and oxygen atoms in total. The van der Waals surface area contributed by atoms with Gasteiger partial charge in [-0.2, -0.15) is 0 Å². The summed E-state index contributed by atoms with van der Waals surface area (Å²) in [7, 11) is 3.76. The summed E-state index contributed by atoms with van der Waals surface area (Å²) in [4.78, 5) is 2.60. The Bertz CT molecular complexity index is 466. The number of hydrogen-bond acceptors (Lipinski definition) is 4. The average molecular weight is 290 g/mol. The number of fused-ring (bicyclic) bond motifs is 1. The van der Waals surface area contributed by atoms with Gasteiger partial charge in [-0.15, -0.1) is 0 Å². The molecule has 0 saturated carbocycles. The van der Waals surface area contributed by atoms with E-state index >= 15 is 0 Å². The van der Waals surface area contributed by atoms with Gasteiger partial charge in [0.2, 0.25) is 0 Å². The van der Waals surface area contributed by atoms with Crippen molar-refractivity contribution in [2.24, 2.45) is 0 Å². The highest BCUT2D eigenvalue weighted by molar-refractivity contribution is 5.34. The standard InChI is InChI=1S/C17H26N2O2/c1-18-15(10-13-6-3-4-8-16(13)20-2)17-11-19-9-5-7-14(19)12-21-17/h3-4,6,8,14-15,17-18H,5,7,9-12H2,1-2H3. The topological polar surface area (TPSA) is 33.7 Å². The maximum absolute atomic E-state index is 6.15. The first kappa shape index (κ1) is 14.8. The molecule has 2 saturated heterocycles. The summed E-state index contributed by atoms with van der Waals surface area (Å²) in [5.74, 6) is 0.965. The van der Waals surface area contributed by atoms with E-state index in [0.717, 1.165) is 25.3 Å². The van der Waals surface area contributed by atoms with E-state index in [1.807, 2.05) is 19.2 Å². The summed E-state index contributed by atoms with van der Waals surface area (Å²) in [5.41, 5.74) is 1.24. The molecule has 0 radical (unpaired) electrons. The van der Waals surface area contributed by atoms with Crippen molar-refractivity contribution >= 4 is 0 Å². The van der Waals surface area contributed by atoms with Gasteiger partial charge in [0.05, 0.1) is 19.8 Å². The third-order valence-corrected chi connectivity index (χ3v) is 4.87. The fraction of sp³-hybridized carbons (Fsp3) is 0.647. The maximum Gasteiger partial charge on any atom is 0.122 e. The molecule has 2 aliphatic heterocycles. The molecule has 1 aromatic rings. The fourth-order valence-electron chi connectivity index (χ4n) is 3.61. The van der Waals surface area contributed by atoms with Crippen LogP contribution in [-0.2, 0) is 11.2 Å². The molecular formula is C17H26N2O2. The highest BCUT2D eigenvalue weighted by Gasteiger charge is 2.35. The summed E-state index contributed by atoms with van der Waals surface area (Å²) in [6.07, 6.45) is 3.80. The smallest absolute Gasteiger partial charge is 0.122 e. The molecular weight excluding hydrogens is 264 g/mol. The third kappa shape index (κ3) is 3.23. The third-order valence-electron chi connectivity index (χ3n) is 4.87. The molecule has 2 aliphatic rings. The van der Waals surface area contributed by atoms with Crippen LogP contribution in [0.4, 0.5) is 0 Å². The lowest BCUT2D eigenvalue weighted by molar-refractivity contribution is -0.0634. The minimum Gasteiger partial charge on any atom is -0.496 e. The number of nitrogens with one attached hydrogen (secondary N) is 1. The van der Waals surface area contributed by atoms with Gasteiger partial charge in [-0.05, 0) is 44.5 Å². The Hall–Kier alpha value is -1.10. The summed E-state index contributed by atoms with van der Waals surface area (Å²) >= 11 is 0. The Morgan fingerprint density at radius 1 is 1.43 bits per heavy atom. The monoisotopic (exact) mass is 290 g/mol. The van der Waals surface area contributed by atoms with E-state index in [4.69, 9.17) is 9.47 Å². The minimum atomic E-state index is 0.259. The van der Waals surface area contributed by atoms with Crippen LogP contribution in [0.1, 0.15) is 18.4 Å². The van der Waals surface area contributed by atoms with Crippen molar-refractivity contribution in [3.63, 3.8) is 0 Å². The largest absolute Gasteiger partial charge is 0.496 e. The summed E-state index contributed by atoms with van der Waals surface area (Å²) in [6, 6.07) is 9.24. The molecule has 1 aromatic carbocycles. The molecule has 116 valence electrons. The first-order valence-electron chi connectivity index (χ1n) is 7.96. The first-order chi connectivity index (χ1) is 10.3. The van der Waals surface area contributed by atoms with Crippen molar-refractivity contribution < 1.29 is 9.47 Å². The van der Waals surface area contributed by atoms with Gasteiger partial charge in [-0.1, -0.05) is 18.2 Å². The highest BCUT2D eigenvalue weighted by atomic mass is 16.5. The van der Waals surface area contributed by atoms with Crippen molar-refractivity contribution in [1.82, 2.24) is 10.2 Å². The van der Waals surface area contributed by atoms with Crippen LogP contribution in [0.5, 0.6) is 5.75 Å². The lowest BCUT2D eigenvalue weighted by Gasteiger charge is -2.39. The zero-order valence-corrected chi connectivity index (χ0v) is 13.0. The molecule has 3 rings (SSSR count). The second-order valence-corrected chi connectivity index (χ2v) is 6.07. The quantitative estimate of drug-likeness (QED) is 0.895. The number of likely N-dealkylation sites (N-methyl/N-ethyl adjacent to an activating group) is 1. The summed E-state index contributed by atoms with van der Waals surface area (Å²) in [6.45, 7) is 3.16. The van der Waals surface area contributed by atoms with Crippen molar-refractivity contribution in [3.8, 4) is 5.75 Å². The number of para-hydroxylation sites is 1. The van der Waals surface area contributed by atoms with Gasteiger partial charge in [0.1, 0.15) is 5.75 Å². The van der Waals surface area contributed by atoms with Crippen LogP contribution in [0, 0.1) is 0 Å². The van der Waals surface area contributed by atoms with Gasteiger partial charge in [-0.3, -0.25) is 4.90 Å². The molecule has 2 fully saturated rings. The molecule has 2 heterocycles. The Labute approximate surface area is 127 Å². The van der Waals surface area contributed by atoms with Crippen LogP contribution in [0.3, 0.4) is 0 Å². The second kappa shape index (κ2) is 6.77. The van der Waals surface area contributed by atoms with E-state index in [0.29, 0.717) is 12.1 Å². The minimum absolute atomic E-state index is 0.259. The van der Waals surface area contributed by atoms with E-state index in [2.05, 4.69) is 22.3 Å². The number of methoxy groups -OCH3 is 1. The number of nitrogens with zero attached hydrogens (tertiary/aromatic N) is 1. The molecule has 21 heavy (non-hydrogen) atoms. The fourth-order valence-corrected chi connectivity index (χ4v) is 3.61. The maximum atomic E-state index is 6.15. The molecule has 4 heteroatoms. The van der Waals surface area contributed by atoms with Gasteiger partial charge in [0.25, 0.3) is 0 Å². The highest BCUT2D eigenvalue weighted by Crippen LogP contribution is 2.26. The van der Waals surface area contributed by atoms with Gasteiger partial charge in [0, 0.05) is 18.6 Å². The van der Waals surface area contributed by atoms with Crippen LogP contribution in [0.25, 0.3) is 0 Å². The SMILES string of the molecule is CNC(Cc1ccccc1OC)C1CN2CCCC2CO1. The van der Waals surface area contributed by atoms with E-state index in [9.17, 15) is 0 Å². The molecule has 0 bridgehead atoms. The van der Waals surface area contributed by atoms with Gasteiger partial charge in [0.15, 0.2) is 0 Å². The van der Waals surface area contributed by atoms with Crippen LogP contribution in [-0.4, -0.2) is 56.9 Å². The van der Waals surface area contributed by atoms with Crippen LogP contribution in [0.15, 0.2) is 24.3 Å². The van der Waals surface area contributed by atoms with Crippen molar-refractivity contribution in [1.29, 1.82) is 0 Å². The van der Waals surface area contributed by atoms with Gasteiger partial charge < -0.3 is 14.8 Å². The van der Waals surface area contributed by atoms with E-state index in [1.165, 1.54) is 24.9 Å². The molecule has 0 spiro atoms. The van der Waals surface area contributed by atoms with Gasteiger partial charge >= 0.3 is 0 Å². The molecule has 3 unspecified atom stereocenters. The Balaban J connectivity index is 1.67. The van der Waals surface area contributed by atoms with E-state index in [1.54, 1.807) is 7.11 Å². The number of benzene rings is 1. The molecule has 0 amide bonds. The van der Waals surface area contributed by atoms with E-state index < -0.39 is 0 Å². The number of rotatable bonds is 5. The second-order valence-electron chi connectivity index (χ2n) is 6.07. The van der Waals surface area contributed by atoms with Crippen molar-refractivity contribution in [2.45, 2.75) is 37.5 Å². The average Bonchev–Trinajstić information content (AvgIpc) is 3.00. The number of morpholine rings is 1. The van der Waals surface area contributed by atoms with Crippen molar-refractivity contribution in [3.05, 3.63) is 29.8 Å².